The first kappa shape index (κ1) is 17.4. The van der Waals surface area contributed by atoms with Gasteiger partial charge in [-0.25, -0.2) is 15.0 Å². The molecule has 4 rings (SSSR count). The molecule has 7 nitrogen and oxygen atoms in total. The van der Waals surface area contributed by atoms with E-state index < -0.39 is 0 Å². The van der Waals surface area contributed by atoms with E-state index in [-0.39, 0.29) is 0 Å². The van der Waals surface area contributed by atoms with Crippen molar-refractivity contribution < 1.29 is 4.74 Å². The monoisotopic (exact) mass is 434 g/mol. The van der Waals surface area contributed by atoms with Crippen LogP contribution in [0.4, 0.5) is 11.5 Å². The van der Waals surface area contributed by atoms with Crippen LogP contribution in [0, 0.1) is 6.92 Å². The highest BCUT2D eigenvalue weighted by atomic mass is 79.9. The Bertz CT molecular complexity index is 976. The van der Waals surface area contributed by atoms with Crippen molar-refractivity contribution in [3.8, 4) is 5.75 Å². The number of aromatic nitrogens is 4. The van der Waals surface area contributed by atoms with E-state index in [9.17, 15) is 0 Å². The quantitative estimate of drug-likeness (QED) is 0.631. The third-order valence-corrected chi connectivity index (χ3v) is 5.90. The van der Waals surface area contributed by atoms with E-state index in [4.69, 9.17) is 15.5 Å². The highest BCUT2D eigenvalue weighted by Crippen LogP contribution is 2.40. The standard InChI is InChI=1S/C17H19BrN6OS/c1-10-7-11-12(25-6-5-23(11)2)8-13(10)26-17-22-14-15(19)20-9-21-16(14)24(17)4-3-18/h7-9H,3-6H2,1-2H3,(H2,19,20,21). The maximum absolute atomic E-state index is 5.99. The molecule has 3 aromatic rings. The number of imidazole rings is 1. The SMILES string of the molecule is Cc1cc2c(cc1Sc1nc3c(N)ncnc3n1CCBr)OCCN2C. The molecule has 0 amide bonds. The summed E-state index contributed by atoms with van der Waals surface area (Å²) in [6.45, 7) is 4.46. The molecule has 1 aliphatic heterocycles. The number of hydrogen-bond donors (Lipinski definition) is 1. The van der Waals surface area contributed by atoms with Crippen molar-refractivity contribution in [2.24, 2.45) is 0 Å². The topological polar surface area (TPSA) is 82.1 Å². The summed E-state index contributed by atoms with van der Waals surface area (Å²) in [7, 11) is 2.09. The fourth-order valence-corrected chi connectivity index (χ4v) is 4.35. The number of nitrogen functional groups attached to an aromatic ring is 1. The van der Waals surface area contributed by atoms with Gasteiger partial charge in [-0.15, -0.1) is 0 Å². The van der Waals surface area contributed by atoms with Crippen LogP contribution in [0.25, 0.3) is 11.2 Å². The van der Waals surface area contributed by atoms with Crippen LogP contribution in [0.5, 0.6) is 5.75 Å². The van der Waals surface area contributed by atoms with Gasteiger partial charge in [-0.3, -0.25) is 0 Å². The number of hydrogen-bond acceptors (Lipinski definition) is 7. The second-order valence-electron chi connectivity index (χ2n) is 6.12. The van der Waals surface area contributed by atoms with Crippen LogP contribution in [0.15, 0.2) is 28.5 Å². The number of ether oxygens (including phenoxy) is 1. The van der Waals surface area contributed by atoms with E-state index in [2.05, 4.69) is 61.5 Å². The van der Waals surface area contributed by atoms with E-state index in [1.165, 1.54) is 11.9 Å². The third-order valence-electron chi connectivity index (χ3n) is 4.39. The highest BCUT2D eigenvalue weighted by molar-refractivity contribution is 9.09. The van der Waals surface area contributed by atoms with Crippen molar-refractivity contribution >= 4 is 50.4 Å². The lowest BCUT2D eigenvalue weighted by atomic mass is 10.1. The molecule has 0 aliphatic carbocycles. The normalized spacial score (nSPS) is 13.7. The minimum atomic E-state index is 0.400. The van der Waals surface area contributed by atoms with E-state index in [0.29, 0.717) is 17.9 Å². The summed E-state index contributed by atoms with van der Waals surface area (Å²) >= 11 is 5.11. The lowest BCUT2D eigenvalue weighted by Crippen LogP contribution is -2.28. The fourth-order valence-electron chi connectivity index (χ4n) is 2.99. The van der Waals surface area contributed by atoms with Gasteiger partial charge in [-0.05, 0) is 24.6 Å². The van der Waals surface area contributed by atoms with Crippen molar-refractivity contribution in [1.29, 1.82) is 0 Å². The fraction of sp³-hybridized carbons (Fsp3) is 0.353. The Balaban J connectivity index is 1.78. The lowest BCUT2D eigenvalue weighted by Gasteiger charge is -2.28. The van der Waals surface area contributed by atoms with Crippen molar-refractivity contribution in [2.45, 2.75) is 23.5 Å². The van der Waals surface area contributed by atoms with Crippen molar-refractivity contribution in [3.63, 3.8) is 0 Å². The van der Waals surface area contributed by atoms with Gasteiger partial charge in [0.15, 0.2) is 22.1 Å². The summed E-state index contributed by atoms with van der Waals surface area (Å²) in [6, 6.07) is 4.26. The molecule has 1 aliphatic rings. The van der Waals surface area contributed by atoms with E-state index in [0.717, 1.165) is 45.6 Å². The van der Waals surface area contributed by atoms with E-state index >= 15 is 0 Å². The van der Waals surface area contributed by atoms with Crippen LogP contribution in [-0.2, 0) is 6.54 Å². The number of benzene rings is 1. The third kappa shape index (κ3) is 2.99. The minimum Gasteiger partial charge on any atom is -0.490 e. The number of nitrogens with zero attached hydrogens (tertiary/aromatic N) is 5. The number of nitrogens with two attached hydrogens (primary N) is 1. The van der Waals surface area contributed by atoms with Gasteiger partial charge in [0, 0.05) is 23.8 Å². The Morgan fingerprint density at radius 1 is 1.35 bits per heavy atom. The van der Waals surface area contributed by atoms with Gasteiger partial charge in [-0.2, -0.15) is 0 Å². The molecule has 2 N–H and O–H groups in total. The summed E-state index contributed by atoms with van der Waals surface area (Å²) in [4.78, 5) is 16.5. The summed E-state index contributed by atoms with van der Waals surface area (Å²) in [5, 5.41) is 1.64. The Labute approximate surface area is 164 Å². The summed E-state index contributed by atoms with van der Waals surface area (Å²) in [6.07, 6.45) is 1.48. The van der Waals surface area contributed by atoms with Gasteiger partial charge in [0.2, 0.25) is 0 Å². The first-order valence-electron chi connectivity index (χ1n) is 8.27. The van der Waals surface area contributed by atoms with Crippen LogP contribution < -0.4 is 15.4 Å². The smallest absolute Gasteiger partial charge is 0.175 e. The zero-order valence-electron chi connectivity index (χ0n) is 14.6. The van der Waals surface area contributed by atoms with Crippen LogP contribution >= 0.6 is 27.7 Å². The zero-order valence-corrected chi connectivity index (χ0v) is 17.0. The molecule has 1 aromatic carbocycles. The average Bonchev–Trinajstić information content (AvgIpc) is 2.96. The number of anilines is 2. The Kier molecular flexibility index (Phi) is 4.66. The molecule has 3 heterocycles. The van der Waals surface area contributed by atoms with Crippen LogP contribution in [0.2, 0.25) is 0 Å². The maximum Gasteiger partial charge on any atom is 0.175 e. The predicted molar refractivity (Wildman–Crippen MR) is 108 cm³/mol. The second-order valence-corrected chi connectivity index (χ2v) is 7.93. The molecule has 0 fully saturated rings. The molecule has 0 unspecified atom stereocenters. The molecular formula is C17H19BrN6OS. The molecule has 0 bridgehead atoms. The summed E-state index contributed by atoms with van der Waals surface area (Å²) in [5.41, 5.74) is 9.70. The Morgan fingerprint density at radius 3 is 3.00 bits per heavy atom. The number of halogens is 1. The van der Waals surface area contributed by atoms with Gasteiger partial charge in [0.1, 0.15) is 18.7 Å². The molecule has 136 valence electrons. The number of aryl methyl sites for hydroxylation is 2. The molecule has 0 radical (unpaired) electrons. The highest BCUT2D eigenvalue weighted by Gasteiger charge is 2.20. The molecule has 26 heavy (non-hydrogen) atoms. The van der Waals surface area contributed by atoms with Gasteiger partial charge >= 0.3 is 0 Å². The van der Waals surface area contributed by atoms with Crippen molar-refractivity contribution in [3.05, 3.63) is 24.0 Å². The Hall–Kier alpha value is -2.00. The number of alkyl halides is 1. The molecule has 2 aromatic heterocycles. The lowest BCUT2D eigenvalue weighted by molar-refractivity contribution is 0.310. The number of fused-ring (bicyclic) bond motifs is 2. The van der Waals surface area contributed by atoms with E-state index in [1.807, 2.05) is 0 Å². The molecular weight excluding hydrogens is 416 g/mol. The largest absolute Gasteiger partial charge is 0.490 e. The Morgan fingerprint density at radius 2 is 2.19 bits per heavy atom. The van der Waals surface area contributed by atoms with E-state index in [1.54, 1.807) is 11.8 Å². The predicted octanol–water partition coefficient (Wildman–Crippen LogP) is 3.09. The molecule has 9 heteroatoms. The first-order chi connectivity index (χ1) is 12.6. The number of likely N-dealkylation sites (N-methyl/N-ethyl adjacent to an activating group) is 1. The van der Waals surface area contributed by atoms with Crippen LogP contribution in [-0.4, -0.2) is 45.0 Å². The second kappa shape index (κ2) is 6.96. The van der Waals surface area contributed by atoms with Gasteiger partial charge in [0.25, 0.3) is 0 Å². The molecule has 0 atom stereocenters. The number of rotatable bonds is 4. The molecule has 0 saturated heterocycles. The zero-order chi connectivity index (χ0) is 18.3. The van der Waals surface area contributed by atoms with Crippen molar-refractivity contribution in [1.82, 2.24) is 19.5 Å². The van der Waals surface area contributed by atoms with Crippen molar-refractivity contribution in [2.75, 3.05) is 36.2 Å². The minimum absolute atomic E-state index is 0.400. The van der Waals surface area contributed by atoms with Gasteiger partial charge in [0.05, 0.1) is 12.2 Å². The molecule has 0 spiro atoms. The first-order valence-corrected chi connectivity index (χ1v) is 10.2. The maximum atomic E-state index is 5.99. The summed E-state index contributed by atoms with van der Waals surface area (Å²) in [5.74, 6) is 1.31. The van der Waals surface area contributed by atoms with Gasteiger partial charge in [-0.1, -0.05) is 27.7 Å². The van der Waals surface area contributed by atoms with Crippen LogP contribution in [0.3, 0.4) is 0 Å². The average molecular weight is 435 g/mol. The molecule has 0 saturated carbocycles. The van der Waals surface area contributed by atoms with Crippen LogP contribution in [0.1, 0.15) is 5.56 Å². The summed E-state index contributed by atoms with van der Waals surface area (Å²) < 4.78 is 7.92. The van der Waals surface area contributed by atoms with Gasteiger partial charge < -0.3 is 19.9 Å².